The average Bonchev–Trinajstić information content (AvgIpc) is 2.47. The number of aryl methyl sites for hydroxylation is 1. The highest BCUT2D eigenvalue weighted by Crippen LogP contribution is 2.28. The van der Waals surface area contributed by atoms with Gasteiger partial charge in [0.25, 0.3) is 0 Å². The fraction of sp³-hybridized carbons (Fsp3) is 0.188. The zero-order chi connectivity index (χ0) is 15.0. The van der Waals surface area contributed by atoms with Gasteiger partial charge in [0.1, 0.15) is 0 Å². The normalized spacial score (nSPS) is 14.8. The molecular weight excluding hydrogens is 308 g/mol. The van der Waals surface area contributed by atoms with Gasteiger partial charge in [-0.05, 0) is 54.8 Å². The zero-order valence-electron chi connectivity index (χ0n) is 11.2. The molecule has 0 fully saturated rings. The van der Waals surface area contributed by atoms with E-state index < -0.39 is 9.84 Å². The summed E-state index contributed by atoms with van der Waals surface area (Å²) in [5.74, 6) is 0.0861. The molecule has 2 aromatic carbocycles. The van der Waals surface area contributed by atoms with Gasteiger partial charge in [0.05, 0.1) is 9.79 Å². The molecule has 1 aliphatic rings. The van der Waals surface area contributed by atoms with E-state index in [1.54, 1.807) is 24.3 Å². The molecule has 2 aromatic rings. The minimum Gasteiger partial charge on any atom is -0.294 e. The Bertz CT molecular complexity index is 825. The van der Waals surface area contributed by atoms with Crippen molar-refractivity contribution in [3.63, 3.8) is 0 Å². The molecule has 0 saturated heterocycles. The summed E-state index contributed by atoms with van der Waals surface area (Å²) < 4.78 is 25.2. The van der Waals surface area contributed by atoms with Crippen LogP contribution >= 0.6 is 11.6 Å². The summed E-state index contributed by atoms with van der Waals surface area (Å²) in [4.78, 5) is 12.2. The van der Waals surface area contributed by atoms with Crippen molar-refractivity contribution in [1.29, 1.82) is 0 Å². The highest BCUT2D eigenvalue weighted by molar-refractivity contribution is 7.91. The Hall–Kier alpha value is -1.65. The van der Waals surface area contributed by atoms with Gasteiger partial charge in [-0.15, -0.1) is 0 Å². The SMILES string of the molecule is O=C1CCCc2cc(S(=O)(=O)c3cccc(Cl)c3)ccc21. The maximum Gasteiger partial charge on any atom is 0.206 e. The summed E-state index contributed by atoms with van der Waals surface area (Å²) in [6, 6.07) is 10.9. The van der Waals surface area contributed by atoms with Crippen LogP contribution in [0.2, 0.25) is 5.02 Å². The van der Waals surface area contributed by atoms with E-state index in [0.717, 1.165) is 18.4 Å². The van der Waals surface area contributed by atoms with Gasteiger partial charge in [-0.2, -0.15) is 0 Å². The molecular formula is C16H13ClO3S. The van der Waals surface area contributed by atoms with E-state index in [-0.39, 0.29) is 15.6 Å². The molecule has 0 aromatic heterocycles. The number of ketones is 1. The van der Waals surface area contributed by atoms with E-state index in [2.05, 4.69) is 0 Å². The number of benzene rings is 2. The predicted molar refractivity (Wildman–Crippen MR) is 80.6 cm³/mol. The highest BCUT2D eigenvalue weighted by atomic mass is 35.5. The molecule has 0 radical (unpaired) electrons. The van der Waals surface area contributed by atoms with Crippen molar-refractivity contribution in [3.8, 4) is 0 Å². The molecule has 1 aliphatic carbocycles. The van der Waals surface area contributed by atoms with Crippen LogP contribution in [0.5, 0.6) is 0 Å². The predicted octanol–water partition coefficient (Wildman–Crippen LogP) is 3.69. The topological polar surface area (TPSA) is 51.2 Å². The molecule has 3 rings (SSSR count). The van der Waals surface area contributed by atoms with Gasteiger partial charge in [-0.25, -0.2) is 8.42 Å². The van der Waals surface area contributed by atoms with E-state index in [9.17, 15) is 13.2 Å². The highest BCUT2D eigenvalue weighted by Gasteiger charge is 2.22. The van der Waals surface area contributed by atoms with Crippen LogP contribution in [0.3, 0.4) is 0 Å². The van der Waals surface area contributed by atoms with Gasteiger partial charge in [0.15, 0.2) is 5.78 Å². The van der Waals surface area contributed by atoms with Gasteiger partial charge >= 0.3 is 0 Å². The van der Waals surface area contributed by atoms with Crippen molar-refractivity contribution < 1.29 is 13.2 Å². The molecule has 21 heavy (non-hydrogen) atoms. The van der Waals surface area contributed by atoms with Crippen LogP contribution in [0.15, 0.2) is 52.3 Å². The number of fused-ring (bicyclic) bond motifs is 1. The first-order valence-corrected chi connectivity index (χ1v) is 8.51. The lowest BCUT2D eigenvalue weighted by Gasteiger charge is -2.15. The number of carbonyl (C=O) groups excluding carboxylic acids is 1. The first kappa shape index (κ1) is 14.3. The monoisotopic (exact) mass is 320 g/mol. The molecule has 0 saturated carbocycles. The number of halogens is 1. The number of hydrogen-bond acceptors (Lipinski definition) is 3. The van der Waals surface area contributed by atoms with Crippen molar-refractivity contribution in [2.45, 2.75) is 29.1 Å². The van der Waals surface area contributed by atoms with Crippen molar-refractivity contribution in [1.82, 2.24) is 0 Å². The van der Waals surface area contributed by atoms with Crippen LogP contribution in [-0.2, 0) is 16.3 Å². The van der Waals surface area contributed by atoms with Crippen LogP contribution < -0.4 is 0 Å². The van der Waals surface area contributed by atoms with E-state index in [0.29, 0.717) is 17.0 Å². The van der Waals surface area contributed by atoms with Crippen LogP contribution in [0.25, 0.3) is 0 Å². The van der Waals surface area contributed by atoms with E-state index in [1.165, 1.54) is 18.2 Å². The van der Waals surface area contributed by atoms with E-state index in [1.807, 2.05) is 0 Å². The molecule has 3 nitrogen and oxygen atoms in total. The maximum absolute atomic E-state index is 12.6. The molecule has 0 spiro atoms. The zero-order valence-corrected chi connectivity index (χ0v) is 12.7. The Balaban J connectivity index is 2.10. The smallest absolute Gasteiger partial charge is 0.206 e. The number of carbonyl (C=O) groups is 1. The fourth-order valence-corrected chi connectivity index (χ4v) is 4.17. The molecule has 108 valence electrons. The first-order chi connectivity index (χ1) is 9.98. The van der Waals surface area contributed by atoms with Crippen LogP contribution in [0.1, 0.15) is 28.8 Å². The minimum absolute atomic E-state index is 0.0861. The van der Waals surface area contributed by atoms with Gasteiger partial charge in [0, 0.05) is 17.0 Å². The number of Topliss-reactive ketones (excluding diaryl/α,β-unsaturated/α-hetero) is 1. The Kier molecular flexibility index (Phi) is 3.59. The van der Waals surface area contributed by atoms with Crippen LogP contribution in [-0.4, -0.2) is 14.2 Å². The number of rotatable bonds is 2. The second kappa shape index (κ2) is 5.28. The first-order valence-electron chi connectivity index (χ1n) is 6.65. The number of sulfone groups is 1. The summed E-state index contributed by atoms with van der Waals surface area (Å²) in [5, 5.41) is 0.379. The van der Waals surface area contributed by atoms with Crippen molar-refractivity contribution in [2.24, 2.45) is 0 Å². The largest absolute Gasteiger partial charge is 0.294 e. The summed E-state index contributed by atoms with van der Waals surface area (Å²) >= 11 is 5.86. The third-order valence-corrected chi connectivity index (χ3v) is 5.63. The van der Waals surface area contributed by atoms with Crippen molar-refractivity contribution in [2.75, 3.05) is 0 Å². The number of hydrogen-bond donors (Lipinski definition) is 0. The van der Waals surface area contributed by atoms with Crippen LogP contribution in [0, 0.1) is 0 Å². The van der Waals surface area contributed by atoms with Gasteiger partial charge in [0.2, 0.25) is 9.84 Å². The lowest BCUT2D eigenvalue weighted by Crippen LogP contribution is -2.12. The average molecular weight is 321 g/mol. The summed E-state index contributed by atoms with van der Waals surface area (Å²) in [6.07, 6.45) is 2.04. The molecule has 0 amide bonds. The molecule has 0 aliphatic heterocycles. The summed E-state index contributed by atoms with van der Waals surface area (Å²) in [7, 11) is -3.61. The van der Waals surface area contributed by atoms with Gasteiger partial charge in [-0.3, -0.25) is 4.79 Å². The molecule has 0 heterocycles. The van der Waals surface area contributed by atoms with Crippen molar-refractivity contribution >= 4 is 27.2 Å². The Morgan fingerprint density at radius 2 is 1.71 bits per heavy atom. The Morgan fingerprint density at radius 3 is 2.48 bits per heavy atom. The second-order valence-electron chi connectivity index (χ2n) is 5.06. The Morgan fingerprint density at radius 1 is 0.952 bits per heavy atom. The third kappa shape index (κ3) is 2.61. The maximum atomic E-state index is 12.6. The minimum atomic E-state index is -3.61. The van der Waals surface area contributed by atoms with Crippen LogP contribution in [0.4, 0.5) is 0 Å². The third-order valence-electron chi connectivity index (χ3n) is 3.64. The van der Waals surface area contributed by atoms with E-state index >= 15 is 0 Å². The molecule has 0 unspecified atom stereocenters. The lowest BCUT2D eigenvalue weighted by molar-refractivity contribution is 0.0972. The standard InChI is InChI=1S/C16H13ClO3S/c17-12-4-2-5-13(10-12)21(19,20)14-7-8-15-11(9-14)3-1-6-16(15)18/h2,4-5,7-10H,1,3,6H2. The van der Waals surface area contributed by atoms with Gasteiger partial charge < -0.3 is 0 Å². The second-order valence-corrected chi connectivity index (χ2v) is 7.44. The summed E-state index contributed by atoms with van der Waals surface area (Å²) in [6.45, 7) is 0. The molecule has 5 heteroatoms. The van der Waals surface area contributed by atoms with E-state index in [4.69, 9.17) is 11.6 Å². The van der Waals surface area contributed by atoms with Gasteiger partial charge in [-0.1, -0.05) is 17.7 Å². The quantitative estimate of drug-likeness (QED) is 0.848. The van der Waals surface area contributed by atoms with Crippen molar-refractivity contribution in [3.05, 3.63) is 58.6 Å². The molecule has 0 atom stereocenters. The Labute approximate surface area is 128 Å². The lowest BCUT2D eigenvalue weighted by atomic mass is 9.91. The molecule has 0 N–H and O–H groups in total. The molecule has 0 bridgehead atoms. The summed E-state index contributed by atoms with van der Waals surface area (Å²) in [5.41, 5.74) is 1.46. The fourth-order valence-electron chi connectivity index (χ4n) is 2.56.